The molecule has 1 aromatic carbocycles. The summed E-state index contributed by atoms with van der Waals surface area (Å²) in [6.45, 7) is 3.37. The summed E-state index contributed by atoms with van der Waals surface area (Å²) in [7, 11) is -3.46. The van der Waals surface area contributed by atoms with Gasteiger partial charge in [0.05, 0.1) is 4.90 Å². The Kier molecular flexibility index (Phi) is 7.35. The van der Waals surface area contributed by atoms with Crippen LogP contribution in [0.3, 0.4) is 0 Å². The van der Waals surface area contributed by atoms with Crippen molar-refractivity contribution < 1.29 is 13.2 Å². The van der Waals surface area contributed by atoms with E-state index < -0.39 is 10.0 Å². The van der Waals surface area contributed by atoms with E-state index >= 15 is 0 Å². The average Bonchev–Trinajstić information content (AvgIpc) is 3.12. The number of benzene rings is 1. The van der Waals surface area contributed by atoms with Crippen LogP contribution in [0.5, 0.6) is 0 Å². The zero-order valence-corrected chi connectivity index (χ0v) is 17.6. The van der Waals surface area contributed by atoms with Crippen molar-refractivity contribution in [2.75, 3.05) is 19.6 Å². The number of hydrogen-bond acceptors (Lipinski definition) is 3. The molecular formula is C21H33N3O3S. The van der Waals surface area contributed by atoms with E-state index in [2.05, 4.69) is 10.6 Å². The number of carbonyl (C=O) groups excluding carboxylic acids is 1. The molecule has 6 nitrogen and oxygen atoms in total. The maximum atomic E-state index is 12.8. The van der Waals surface area contributed by atoms with Crippen molar-refractivity contribution >= 4 is 16.1 Å². The molecule has 2 fully saturated rings. The second-order valence-corrected chi connectivity index (χ2v) is 10.2. The van der Waals surface area contributed by atoms with Gasteiger partial charge in [0, 0.05) is 25.7 Å². The predicted octanol–water partition coefficient (Wildman–Crippen LogP) is 3.42. The number of carbonyl (C=O) groups is 1. The van der Waals surface area contributed by atoms with E-state index in [1.807, 2.05) is 13.0 Å². The second kappa shape index (κ2) is 9.74. The highest BCUT2D eigenvalue weighted by atomic mass is 32.2. The van der Waals surface area contributed by atoms with Crippen LogP contribution in [0.1, 0.15) is 56.9 Å². The largest absolute Gasteiger partial charge is 0.338 e. The van der Waals surface area contributed by atoms with E-state index in [1.165, 1.54) is 32.1 Å². The minimum atomic E-state index is -3.46. The van der Waals surface area contributed by atoms with Gasteiger partial charge < -0.3 is 10.6 Å². The molecule has 1 unspecified atom stereocenters. The van der Waals surface area contributed by atoms with Gasteiger partial charge in [0.25, 0.3) is 0 Å². The summed E-state index contributed by atoms with van der Waals surface area (Å²) in [6.07, 6.45) is 9.06. The molecule has 1 saturated heterocycles. The normalized spacial score (nSPS) is 22.4. The number of amides is 2. The minimum Gasteiger partial charge on any atom is -0.338 e. The Labute approximate surface area is 169 Å². The van der Waals surface area contributed by atoms with Crippen molar-refractivity contribution in [3.05, 3.63) is 29.8 Å². The fourth-order valence-electron chi connectivity index (χ4n) is 4.18. The van der Waals surface area contributed by atoms with E-state index in [0.29, 0.717) is 24.5 Å². The van der Waals surface area contributed by atoms with Crippen LogP contribution in [0, 0.1) is 12.8 Å². The first-order chi connectivity index (χ1) is 13.4. The minimum absolute atomic E-state index is 0.120. The van der Waals surface area contributed by atoms with Gasteiger partial charge in [-0.25, -0.2) is 13.2 Å². The van der Waals surface area contributed by atoms with E-state index in [0.717, 1.165) is 24.8 Å². The lowest BCUT2D eigenvalue weighted by Gasteiger charge is -2.22. The molecular weight excluding hydrogens is 374 g/mol. The predicted molar refractivity (Wildman–Crippen MR) is 111 cm³/mol. The first-order valence-corrected chi connectivity index (χ1v) is 12.0. The van der Waals surface area contributed by atoms with Crippen LogP contribution in [0.4, 0.5) is 4.79 Å². The molecule has 0 bridgehead atoms. The summed E-state index contributed by atoms with van der Waals surface area (Å²) >= 11 is 0. The van der Waals surface area contributed by atoms with Gasteiger partial charge in [0.15, 0.2) is 0 Å². The number of nitrogens with one attached hydrogen (secondary N) is 2. The summed E-state index contributed by atoms with van der Waals surface area (Å²) < 4.78 is 27.2. The van der Waals surface area contributed by atoms with Crippen molar-refractivity contribution in [1.29, 1.82) is 0 Å². The molecule has 1 atom stereocenters. The highest BCUT2D eigenvalue weighted by Crippen LogP contribution is 2.24. The SMILES string of the molecule is Cc1cccc(S(=O)(=O)N2CCC(CNC(=O)NC3CCCCCCC3)C2)c1. The van der Waals surface area contributed by atoms with E-state index in [-0.39, 0.29) is 18.0 Å². The maximum absolute atomic E-state index is 12.8. The Bertz CT molecular complexity index is 758. The summed E-state index contributed by atoms with van der Waals surface area (Å²) in [5.74, 6) is 0.155. The van der Waals surface area contributed by atoms with E-state index in [4.69, 9.17) is 0 Å². The van der Waals surface area contributed by atoms with Gasteiger partial charge >= 0.3 is 6.03 Å². The zero-order valence-electron chi connectivity index (χ0n) is 16.8. The zero-order chi connectivity index (χ0) is 20.0. The number of rotatable bonds is 5. The van der Waals surface area contributed by atoms with Crippen LogP contribution in [0.25, 0.3) is 0 Å². The lowest BCUT2D eigenvalue weighted by Crippen LogP contribution is -2.44. The van der Waals surface area contributed by atoms with Gasteiger partial charge in [-0.15, -0.1) is 0 Å². The molecule has 3 rings (SSSR count). The van der Waals surface area contributed by atoms with Crippen molar-refractivity contribution in [3.8, 4) is 0 Å². The number of hydrogen-bond donors (Lipinski definition) is 2. The summed E-state index contributed by atoms with van der Waals surface area (Å²) in [5.41, 5.74) is 0.935. The molecule has 1 aromatic rings. The smallest absolute Gasteiger partial charge is 0.315 e. The lowest BCUT2D eigenvalue weighted by atomic mass is 9.97. The molecule has 0 radical (unpaired) electrons. The molecule has 156 valence electrons. The summed E-state index contributed by atoms with van der Waals surface area (Å²) in [5, 5.41) is 6.06. The van der Waals surface area contributed by atoms with Gasteiger partial charge in [-0.3, -0.25) is 0 Å². The lowest BCUT2D eigenvalue weighted by molar-refractivity contribution is 0.232. The van der Waals surface area contributed by atoms with Gasteiger partial charge in [0.2, 0.25) is 10.0 Å². The molecule has 2 N–H and O–H groups in total. The molecule has 0 spiro atoms. The van der Waals surface area contributed by atoms with E-state index in [9.17, 15) is 13.2 Å². The third-order valence-electron chi connectivity index (χ3n) is 5.87. The Morgan fingerprint density at radius 2 is 1.82 bits per heavy atom. The molecule has 2 aliphatic rings. The highest BCUT2D eigenvalue weighted by molar-refractivity contribution is 7.89. The monoisotopic (exact) mass is 407 g/mol. The fourth-order valence-corrected chi connectivity index (χ4v) is 5.82. The van der Waals surface area contributed by atoms with Crippen molar-refractivity contribution in [1.82, 2.24) is 14.9 Å². The Hall–Kier alpha value is -1.60. The number of aryl methyl sites for hydroxylation is 1. The van der Waals surface area contributed by atoms with Crippen molar-refractivity contribution in [2.45, 2.75) is 69.2 Å². The number of sulfonamides is 1. The molecule has 2 amide bonds. The quantitative estimate of drug-likeness (QED) is 0.785. The Balaban J connectivity index is 1.46. The van der Waals surface area contributed by atoms with Crippen LogP contribution in [0.15, 0.2) is 29.2 Å². The average molecular weight is 408 g/mol. The third-order valence-corrected chi connectivity index (χ3v) is 7.73. The van der Waals surface area contributed by atoms with Crippen molar-refractivity contribution in [2.24, 2.45) is 5.92 Å². The Morgan fingerprint density at radius 3 is 2.54 bits per heavy atom. The van der Waals surface area contributed by atoms with Crippen LogP contribution >= 0.6 is 0 Å². The third kappa shape index (κ3) is 5.70. The maximum Gasteiger partial charge on any atom is 0.315 e. The summed E-state index contributed by atoms with van der Waals surface area (Å²) in [4.78, 5) is 12.6. The molecule has 1 aliphatic heterocycles. The molecule has 0 aromatic heterocycles. The first kappa shape index (κ1) is 21.1. The molecule has 1 saturated carbocycles. The van der Waals surface area contributed by atoms with Gasteiger partial charge in [0.1, 0.15) is 0 Å². The van der Waals surface area contributed by atoms with Gasteiger partial charge in [-0.1, -0.05) is 44.2 Å². The second-order valence-electron chi connectivity index (χ2n) is 8.23. The van der Waals surface area contributed by atoms with Gasteiger partial charge in [-0.05, 0) is 49.8 Å². The topological polar surface area (TPSA) is 78.5 Å². The van der Waals surface area contributed by atoms with Crippen LogP contribution in [0.2, 0.25) is 0 Å². The number of nitrogens with zero attached hydrogens (tertiary/aromatic N) is 1. The first-order valence-electron chi connectivity index (χ1n) is 10.6. The molecule has 28 heavy (non-hydrogen) atoms. The van der Waals surface area contributed by atoms with Crippen LogP contribution < -0.4 is 10.6 Å². The summed E-state index contributed by atoms with van der Waals surface area (Å²) in [6, 6.07) is 7.17. The molecule has 1 aliphatic carbocycles. The fraction of sp³-hybridized carbons (Fsp3) is 0.667. The van der Waals surface area contributed by atoms with Gasteiger partial charge in [-0.2, -0.15) is 4.31 Å². The van der Waals surface area contributed by atoms with Crippen LogP contribution in [-0.2, 0) is 10.0 Å². The number of urea groups is 1. The molecule has 1 heterocycles. The van der Waals surface area contributed by atoms with E-state index in [1.54, 1.807) is 22.5 Å². The standard InChI is InChI=1S/C21H33N3O3S/c1-17-8-7-11-20(14-17)28(26,27)24-13-12-18(16-24)15-22-21(25)23-19-9-5-3-2-4-6-10-19/h7-8,11,14,18-19H,2-6,9-10,12-13,15-16H2,1H3,(H2,22,23,25). The Morgan fingerprint density at radius 1 is 1.11 bits per heavy atom. The van der Waals surface area contributed by atoms with Crippen molar-refractivity contribution in [3.63, 3.8) is 0 Å². The van der Waals surface area contributed by atoms with Crippen LogP contribution in [-0.4, -0.2) is 44.4 Å². The highest BCUT2D eigenvalue weighted by Gasteiger charge is 2.32. The molecule has 7 heteroatoms.